The summed E-state index contributed by atoms with van der Waals surface area (Å²) in [7, 11) is 0. The zero-order chi connectivity index (χ0) is 16.6. The van der Waals surface area contributed by atoms with E-state index < -0.39 is 4.32 Å². The Hall–Kier alpha value is -2.17. The van der Waals surface area contributed by atoms with Gasteiger partial charge in [-0.2, -0.15) is 0 Å². The van der Waals surface area contributed by atoms with E-state index in [0.717, 1.165) is 28.3 Å². The Morgan fingerprint density at radius 2 is 1.71 bits per heavy atom. The van der Waals surface area contributed by atoms with Crippen molar-refractivity contribution in [2.75, 3.05) is 11.7 Å². The van der Waals surface area contributed by atoms with Crippen molar-refractivity contribution in [2.24, 2.45) is 0 Å². The van der Waals surface area contributed by atoms with Crippen molar-refractivity contribution in [3.63, 3.8) is 0 Å². The van der Waals surface area contributed by atoms with Gasteiger partial charge in [0.1, 0.15) is 16.7 Å². The Bertz CT molecular complexity index is 878. The van der Waals surface area contributed by atoms with Crippen molar-refractivity contribution < 1.29 is 9.63 Å². The van der Waals surface area contributed by atoms with Crippen LogP contribution in [0.25, 0.3) is 10.8 Å². The van der Waals surface area contributed by atoms with Crippen molar-refractivity contribution in [2.45, 2.75) is 10.4 Å². The van der Waals surface area contributed by atoms with E-state index in [9.17, 15) is 4.79 Å². The van der Waals surface area contributed by atoms with Gasteiger partial charge < -0.3 is 4.79 Å². The Morgan fingerprint density at radius 1 is 1.00 bits per heavy atom. The summed E-state index contributed by atoms with van der Waals surface area (Å²) in [6, 6.07) is 24.0. The van der Waals surface area contributed by atoms with Crippen LogP contribution < -0.4 is 5.06 Å². The molecule has 1 aliphatic heterocycles. The number of hydrogen-bond donors (Lipinski definition) is 0. The van der Waals surface area contributed by atoms with Crippen molar-refractivity contribution in [3.8, 4) is 0 Å². The molecular weight excluding hydrogens is 366 g/mol. The van der Waals surface area contributed by atoms with E-state index in [1.807, 2.05) is 53.6 Å². The predicted octanol–water partition coefficient (Wildman–Crippen LogP) is 4.67. The molecule has 0 amide bonds. The summed E-state index contributed by atoms with van der Waals surface area (Å²) in [5, 5.41) is 4.11. The van der Waals surface area contributed by atoms with Crippen molar-refractivity contribution in [3.05, 3.63) is 78.4 Å². The molecule has 0 saturated carbocycles. The molecule has 0 aromatic heterocycles. The number of rotatable bonds is 3. The summed E-state index contributed by atoms with van der Waals surface area (Å²) >= 11 is 3.64. The molecule has 24 heavy (non-hydrogen) atoms. The number of hydrogen-bond acceptors (Lipinski definition) is 3. The highest BCUT2D eigenvalue weighted by Crippen LogP contribution is 2.46. The fourth-order valence-corrected chi connectivity index (χ4v) is 3.82. The van der Waals surface area contributed by atoms with Gasteiger partial charge >= 0.3 is 0 Å². The summed E-state index contributed by atoms with van der Waals surface area (Å²) in [4.78, 5) is 17.8. The van der Waals surface area contributed by atoms with Crippen LogP contribution in [0.3, 0.4) is 0 Å². The molecule has 0 N–H and O–H groups in total. The predicted molar refractivity (Wildman–Crippen MR) is 99.3 cm³/mol. The zero-order valence-electron chi connectivity index (χ0n) is 12.9. The maximum atomic E-state index is 11.9. The van der Waals surface area contributed by atoms with Gasteiger partial charge in [0, 0.05) is 0 Å². The van der Waals surface area contributed by atoms with Crippen LogP contribution in [0.5, 0.6) is 0 Å². The average molecular weight is 382 g/mol. The van der Waals surface area contributed by atoms with E-state index in [1.165, 1.54) is 0 Å². The maximum Gasteiger partial charge on any atom is 0.141 e. The molecular formula is C20H16BrNO2. The second-order valence-electron chi connectivity index (χ2n) is 5.95. The van der Waals surface area contributed by atoms with E-state index in [0.29, 0.717) is 6.61 Å². The Balaban J connectivity index is 1.91. The number of aldehydes is 1. The van der Waals surface area contributed by atoms with E-state index in [-0.39, 0.29) is 6.04 Å². The van der Waals surface area contributed by atoms with Gasteiger partial charge in [0.05, 0.1) is 12.3 Å². The first-order chi connectivity index (χ1) is 11.7. The van der Waals surface area contributed by atoms with Crippen LogP contribution in [-0.4, -0.2) is 17.2 Å². The minimum Gasteiger partial charge on any atom is -0.302 e. The smallest absolute Gasteiger partial charge is 0.141 e. The molecule has 4 heteroatoms. The number of halogens is 1. The molecule has 1 heterocycles. The van der Waals surface area contributed by atoms with Gasteiger partial charge in [-0.3, -0.25) is 4.84 Å². The third-order valence-corrected chi connectivity index (χ3v) is 5.29. The fraction of sp³-hybridized carbons (Fsp3) is 0.150. The minimum atomic E-state index is -0.785. The second-order valence-corrected chi connectivity index (χ2v) is 7.43. The number of anilines is 1. The maximum absolute atomic E-state index is 11.9. The van der Waals surface area contributed by atoms with Crippen molar-refractivity contribution in [1.82, 2.24) is 0 Å². The highest BCUT2D eigenvalue weighted by molar-refractivity contribution is 9.10. The fourth-order valence-electron chi connectivity index (χ4n) is 3.29. The molecule has 0 radical (unpaired) electrons. The summed E-state index contributed by atoms with van der Waals surface area (Å²) in [5.74, 6) is 0. The molecule has 4 rings (SSSR count). The number of hydroxylamine groups is 1. The van der Waals surface area contributed by atoms with E-state index in [4.69, 9.17) is 4.84 Å². The lowest BCUT2D eigenvalue weighted by atomic mass is 9.91. The van der Waals surface area contributed by atoms with Crippen LogP contribution in [0.15, 0.2) is 72.8 Å². The van der Waals surface area contributed by atoms with Gasteiger partial charge in [0.15, 0.2) is 0 Å². The number of alkyl halides is 1. The van der Waals surface area contributed by atoms with Crippen LogP contribution in [0.4, 0.5) is 5.69 Å². The van der Waals surface area contributed by atoms with Crippen LogP contribution in [-0.2, 0) is 9.63 Å². The number of nitrogens with zero attached hydrogens (tertiary/aromatic N) is 1. The third-order valence-electron chi connectivity index (χ3n) is 4.44. The monoisotopic (exact) mass is 381 g/mol. The highest BCUT2D eigenvalue weighted by Gasteiger charge is 2.49. The van der Waals surface area contributed by atoms with E-state index >= 15 is 0 Å². The largest absolute Gasteiger partial charge is 0.302 e. The van der Waals surface area contributed by atoms with Crippen molar-refractivity contribution >= 4 is 38.7 Å². The topological polar surface area (TPSA) is 29.5 Å². The van der Waals surface area contributed by atoms with E-state index in [2.05, 4.69) is 40.2 Å². The lowest BCUT2D eigenvalue weighted by Crippen LogP contribution is -2.35. The number of para-hydroxylation sites is 1. The summed E-state index contributed by atoms with van der Waals surface area (Å²) in [6.45, 7) is 0.291. The molecule has 0 spiro atoms. The second kappa shape index (κ2) is 6.04. The van der Waals surface area contributed by atoms with Gasteiger partial charge in [0.2, 0.25) is 0 Å². The first-order valence-electron chi connectivity index (χ1n) is 7.83. The molecule has 120 valence electrons. The molecule has 3 nitrogen and oxygen atoms in total. The molecule has 0 unspecified atom stereocenters. The summed E-state index contributed by atoms with van der Waals surface area (Å²) in [6.07, 6.45) is 0.947. The van der Waals surface area contributed by atoms with Gasteiger partial charge in [-0.15, -0.1) is 0 Å². The number of fused-ring (bicyclic) bond motifs is 1. The Morgan fingerprint density at radius 3 is 2.50 bits per heavy atom. The molecule has 3 aromatic rings. The number of carbonyl (C=O) groups excluding carboxylic acids is 1. The normalized spacial score (nSPS) is 23.5. The van der Waals surface area contributed by atoms with Gasteiger partial charge in [0.25, 0.3) is 0 Å². The van der Waals surface area contributed by atoms with Crippen molar-refractivity contribution in [1.29, 1.82) is 0 Å². The SMILES string of the molecule is O=C[C@@]1(Br)CON(c2ccccc2)[C@@H]1c1cccc2ccccc12. The number of benzene rings is 3. The summed E-state index contributed by atoms with van der Waals surface area (Å²) < 4.78 is -0.785. The zero-order valence-corrected chi connectivity index (χ0v) is 14.5. The molecule has 0 aliphatic carbocycles. The molecule has 3 aromatic carbocycles. The lowest BCUT2D eigenvalue weighted by Gasteiger charge is -2.30. The van der Waals surface area contributed by atoms with Gasteiger partial charge in [-0.25, -0.2) is 5.06 Å². The summed E-state index contributed by atoms with van der Waals surface area (Å²) in [5.41, 5.74) is 2.00. The lowest BCUT2D eigenvalue weighted by molar-refractivity contribution is -0.109. The van der Waals surface area contributed by atoms with E-state index in [1.54, 1.807) is 0 Å². The number of carbonyl (C=O) groups is 1. The Labute approximate surface area is 148 Å². The molecule has 0 bridgehead atoms. The van der Waals surface area contributed by atoms with Gasteiger partial charge in [-0.05, 0) is 28.5 Å². The molecule has 1 saturated heterocycles. The minimum absolute atomic E-state index is 0.247. The van der Waals surface area contributed by atoms with Crippen LogP contribution in [0.2, 0.25) is 0 Å². The van der Waals surface area contributed by atoms with Crippen LogP contribution >= 0.6 is 15.9 Å². The van der Waals surface area contributed by atoms with Gasteiger partial charge in [-0.1, -0.05) is 76.6 Å². The Kier molecular flexibility index (Phi) is 3.87. The average Bonchev–Trinajstić information content (AvgIpc) is 3.00. The van der Waals surface area contributed by atoms with Crippen LogP contribution in [0, 0.1) is 0 Å². The highest BCUT2D eigenvalue weighted by atomic mass is 79.9. The quantitative estimate of drug-likeness (QED) is 0.487. The molecule has 1 aliphatic rings. The molecule has 1 fully saturated rings. The third kappa shape index (κ3) is 2.43. The first kappa shape index (κ1) is 15.4. The molecule has 2 atom stereocenters. The standard InChI is InChI=1S/C20H16BrNO2/c21-20(13-23)14-24-22(16-9-2-1-3-10-16)19(20)18-12-6-8-15-7-4-5-11-17(15)18/h1-13,19H,14H2/t19-,20-/m1/s1. The van der Waals surface area contributed by atoms with Crippen LogP contribution in [0.1, 0.15) is 11.6 Å². The first-order valence-corrected chi connectivity index (χ1v) is 8.62.